The smallest absolute Gasteiger partial charge is 0.251 e. The third-order valence-corrected chi connectivity index (χ3v) is 2.22. The maximum atomic E-state index is 11.4. The summed E-state index contributed by atoms with van der Waals surface area (Å²) in [6.45, 7) is 3.82. The van der Waals surface area contributed by atoms with E-state index in [0.717, 1.165) is 5.39 Å². The number of carbonyl (C=O) groups excluding carboxylic acids is 1. The molecule has 0 radical (unpaired) electrons. The third-order valence-electron chi connectivity index (χ3n) is 2.22. The van der Waals surface area contributed by atoms with Gasteiger partial charge in [-0.15, -0.1) is 0 Å². The second kappa shape index (κ2) is 4.37. The van der Waals surface area contributed by atoms with Crippen LogP contribution in [0.15, 0.2) is 24.7 Å². The monoisotopic (exact) mass is 231 g/mol. The highest BCUT2D eigenvalue weighted by atomic mass is 16.5. The molecule has 2 rings (SSSR count). The van der Waals surface area contributed by atoms with E-state index in [9.17, 15) is 4.79 Å². The van der Waals surface area contributed by atoms with E-state index in [4.69, 9.17) is 10.5 Å². The molecule has 0 aliphatic rings. The summed E-state index contributed by atoms with van der Waals surface area (Å²) in [5.74, 6) is 0.0685. The lowest BCUT2D eigenvalue weighted by Crippen LogP contribution is -2.13. The Morgan fingerprint density at radius 2 is 2.18 bits per heavy atom. The molecule has 1 aromatic heterocycles. The Kier molecular flexibility index (Phi) is 2.91. The van der Waals surface area contributed by atoms with Crippen LogP contribution in [0.4, 0.5) is 0 Å². The Morgan fingerprint density at radius 3 is 2.82 bits per heavy atom. The van der Waals surface area contributed by atoms with Crippen molar-refractivity contribution in [3.8, 4) is 5.75 Å². The molecular weight excluding hydrogens is 218 g/mol. The molecular formula is C12H13N3O2. The Hall–Kier alpha value is -2.17. The molecule has 5 heteroatoms. The van der Waals surface area contributed by atoms with Crippen molar-refractivity contribution in [3.05, 3.63) is 30.2 Å². The minimum atomic E-state index is -0.525. The molecule has 0 unspecified atom stereocenters. The zero-order chi connectivity index (χ0) is 12.4. The fourth-order valence-corrected chi connectivity index (χ4v) is 1.60. The van der Waals surface area contributed by atoms with E-state index >= 15 is 0 Å². The lowest BCUT2D eigenvalue weighted by Gasteiger charge is -2.11. The molecule has 88 valence electrons. The Balaban J connectivity index is 2.63. The summed E-state index contributed by atoms with van der Waals surface area (Å²) in [5.41, 5.74) is 6.22. The molecule has 1 amide bonds. The molecule has 0 aliphatic carbocycles. The number of nitrogens with zero attached hydrogens (tertiary/aromatic N) is 2. The van der Waals surface area contributed by atoms with Gasteiger partial charge in [-0.05, 0) is 26.0 Å². The lowest BCUT2D eigenvalue weighted by atomic mass is 10.1. The first-order valence-corrected chi connectivity index (χ1v) is 5.28. The van der Waals surface area contributed by atoms with Crippen LogP contribution in [-0.2, 0) is 0 Å². The molecule has 0 aliphatic heterocycles. The number of rotatable bonds is 3. The maximum Gasteiger partial charge on any atom is 0.251 e. The number of hydrogen-bond donors (Lipinski definition) is 1. The van der Waals surface area contributed by atoms with E-state index in [1.54, 1.807) is 18.3 Å². The molecule has 0 fully saturated rings. The van der Waals surface area contributed by atoms with Crippen molar-refractivity contribution in [2.45, 2.75) is 20.0 Å². The van der Waals surface area contributed by atoms with Crippen LogP contribution in [0, 0.1) is 0 Å². The van der Waals surface area contributed by atoms with Gasteiger partial charge in [-0.25, -0.2) is 9.97 Å². The summed E-state index contributed by atoms with van der Waals surface area (Å²) >= 11 is 0. The highest BCUT2D eigenvalue weighted by Gasteiger charge is 2.11. The summed E-state index contributed by atoms with van der Waals surface area (Å²) in [7, 11) is 0. The number of primary amides is 1. The van der Waals surface area contributed by atoms with Crippen LogP contribution in [0.5, 0.6) is 5.75 Å². The van der Waals surface area contributed by atoms with Gasteiger partial charge < -0.3 is 10.5 Å². The van der Waals surface area contributed by atoms with Crippen molar-refractivity contribution in [1.29, 1.82) is 0 Å². The van der Waals surface area contributed by atoms with Crippen LogP contribution < -0.4 is 10.5 Å². The zero-order valence-electron chi connectivity index (χ0n) is 9.68. The van der Waals surface area contributed by atoms with Gasteiger partial charge >= 0.3 is 0 Å². The van der Waals surface area contributed by atoms with Crippen LogP contribution >= 0.6 is 0 Å². The Morgan fingerprint density at radius 1 is 1.41 bits per heavy atom. The largest absolute Gasteiger partial charge is 0.491 e. The number of amides is 1. The number of carbonyl (C=O) groups is 1. The van der Waals surface area contributed by atoms with Gasteiger partial charge in [0.15, 0.2) is 0 Å². The molecule has 0 spiro atoms. The fraction of sp³-hybridized carbons (Fsp3) is 0.250. The van der Waals surface area contributed by atoms with Gasteiger partial charge in [-0.2, -0.15) is 0 Å². The van der Waals surface area contributed by atoms with Crippen LogP contribution in [0.2, 0.25) is 0 Å². The molecule has 0 bridgehead atoms. The van der Waals surface area contributed by atoms with Crippen molar-refractivity contribution >= 4 is 16.8 Å². The number of hydrogen-bond acceptors (Lipinski definition) is 4. The molecule has 1 heterocycles. The second-order valence-corrected chi connectivity index (χ2v) is 3.96. The molecule has 1 aromatic carbocycles. The van der Waals surface area contributed by atoms with Gasteiger partial charge in [-0.3, -0.25) is 4.79 Å². The first kappa shape index (κ1) is 11.3. The number of benzene rings is 1. The Labute approximate surface area is 98.6 Å². The van der Waals surface area contributed by atoms with Gasteiger partial charge in [0.2, 0.25) is 0 Å². The normalized spacial score (nSPS) is 10.8. The van der Waals surface area contributed by atoms with Crippen molar-refractivity contribution < 1.29 is 9.53 Å². The van der Waals surface area contributed by atoms with E-state index in [1.807, 2.05) is 13.8 Å². The zero-order valence-corrected chi connectivity index (χ0v) is 9.68. The van der Waals surface area contributed by atoms with E-state index in [0.29, 0.717) is 16.8 Å². The van der Waals surface area contributed by atoms with E-state index in [-0.39, 0.29) is 6.10 Å². The molecule has 17 heavy (non-hydrogen) atoms. The first-order chi connectivity index (χ1) is 8.08. The predicted molar refractivity (Wildman–Crippen MR) is 63.8 cm³/mol. The van der Waals surface area contributed by atoms with Gasteiger partial charge in [0.05, 0.1) is 17.2 Å². The highest BCUT2D eigenvalue weighted by Crippen LogP contribution is 2.23. The van der Waals surface area contributed by atoms with Gasteiger partial charge in [0.1, 0.15) is 12.1 Å². The van der Waals surface area contributed by atoms with Crippen LogP contribution in [-0.4, -0.2) is 22.0 Å². The lowest BCUT2D eigenvalue weighted by molar-refractivity contribution is 0.100. The van der Waals surface area contributed by atoms with Crippen molar-refractivity contribution in [2.75, 3.05) is 0 Å². The van der Waals surface area contributed by atoms with E-state index in [1.165, 1.54) is 6.33 Å². The first-order valence-electron chi connectivity index (χ1n) is 5.28. The van der Waals surface area contributed by atoms with E-state index < -0.39 is 5.91 Å². The maximum absolute atomic E-state index is 11.4. The summed E-state index contributed by atoms with van der Waals surface area (Å²) in [5, 5.41) is 0.736. The average molecular weight is 231 g/mol. The highest BCUT2D eigenvalue weighted by molar-refractivity contribution is 6.05. The molecule has 2 aromatic rings. The van der Waals surface area contributed by atoms with Crippen LogP contribution in [0.25, 0.3) is 10.9 Å². The molecule has 5 nitrogen and oxygen atoms in total. The summed E-state index contributed by atoms with van der Waals surface area (Å²) in [4.78, 5) is 19.3. The molecule has 2 N–H and O–H groups in total. The quantitative estimate of drug-likeness (QED) is 0.868. The third kappa shape index (κ3) is 2.33. The number of aromatic nitrogens is 2. The number of ether oxygens (including phenoxy) is 1. The second-order valence-electron chi connectivity index (χ2n) is 3.96. The standard InChI is InChI=1S/C12H13N3O2/c1-7(2)17-9-3-8-5-14-6-15-11(8)10(4-9)12(13)16/h3-7H,1-2H3,(H2,13,16). The molecule has 0 saturated heterocycles. The summed E-state index contributed by atoms with van der Waals surface area (Å²) in [6.07, 6.45) is 3.04. The van der Waals surface area contributed by atoms with Crippen molar-refractivity contribution in [3.63, 3.8) is 0 Å². The number of fused-ring (bicyclic) bond motifs is 1. The van der Waals surface area contributed by atoms with Gasteiger partial charge in [-0.1, -0.05) is 0 Å². The molecule has 0 saturated carbocycles. The SMILES string of the molecule is CC(C)Oc1cc(C(N)=O)c2ncncc2c1. The summed E-state index contributed by atoms with van der Waals surface area (Å²) in [6, 6.07) is 3.40. The minimum absolute atomic E-state index is 0.0257. The van der Waals surface area contributed by atoms with Crippen molar-refractivity contribution in [2.24, 2.45) is 5.73 Å². The topological polar surface area (TPSA) is 78.1 Å². The van der Waals surface area contributed by atoms with Crippen molar-refractivity contribution in [1.82, 2.24) is 9.97 Å². The van der Waals surface area contributed by atoms with Gasteiger partial charge in [0.25, 0.3) is 5.91 Å². The predicted octanol–water partition coefficient (Wildman–Crippen LogP) is 1.52. The molecule has 0 atom stereocenters. The van der Waals surface area contributed by atoms with Crippen LogP contribution in [0.1, 0.15) is 24.2 Å². The van der Waals surface area contributed by atoms with E-state index in [2.05, 4.69) is 9.97 Å². The number of nitrogens with two attached hydrogens (primary N) is 1. The van der Waals surface area contributed by atoms with Gasteiger partial charge in [0, 0.05) is 11.6 Å². The fourth-order valence-electron chi connectivity index (χ4n) is 1.60. The van der Waals surface area contributed by atoms with Crippen LogP contribution in [0.3, 0.4) is 0 Å². The average Bonchev–Trinajstić information content (AvgIpc) is 2.27. The summed E-state index contributed by atoms with van der Waals surface area (Å²) < 4.78 is 5.55. The minimum Gasteiger partial charge on any atom is -0.491 e. The Bertz CT molecular complexity index is 567.